The highest BCUT2D eigenvalue weighted by atomic mass is 79.9. The smallest absolute Gasteiger partial charge is 0.419 e. The number of aryl methyl sites for hydroxylation is 1. The number of benzene rings is 2. The topological polar surface area (TPSA) is 63.7 Å². The molecule has 12 heteroatoms. The van der Waals surface area contributed by atoms with E-state index >= 15 is 0 Å². The summed E-state index contributed by atoms with van der Waals surface area (Å²) in [4.78, 5) is 12.5. The summed E-state index contributed by atoms with van der Waals surface area (Å²) in [7, 11) is -8.55. The number of halogens is 4. The molecule has 0 saturated heterocycles. The molecule has 2 aromatic carbocycles. The summed E-state index contributed by atoms with van der Waals surface area (Å²) in [6, 6.07) is 11.4. The van der Waals surface area contributed by atoms with E-state index in [2.05, 4.69) is 48.2 Å². The van der Waals surface area contributed by atoms with Gasteiger partial charge in [-0.25, -0.2) is 13.2 Å². The maximum atomic E-state index is 13.8. The summed E-state index contributed by atoms with van der Waals surface area (Å²) in [5.74, 6) is 0.983. The summed E-state index contributed by atoms with van der Waals surface area (Å²) in [6.45, 7) is 14.2. The summed E-state index contributed by atoms with van der Waals surface area (Å²) >= 11 is 3.50. The molecule has 0 N–H and O–H groups in total. The first kappa shape index (κ1) is 35.6. The van der Waals surface area contributed by atoms with Crippen LogP contribution in [-0.2, 0) is 27.9 Å². The fraction of sp³-hybridized carbons (Fsp3) is 0.516. The number of carbonyl (C=O) groups excluding carboxylic acids is 1. The van der Waals surface area contributed by atoms with Crippen LogP contribution in [0.3, 0.4) is 0 Å². The van der Waals surface area contributed by atoms with Crippen LogP contribution in [0.4, 0.5) is 13.2 Å². The van der Waals surface area contributed by atoms with Gasteiger partial charge in [0.15, 0.2) is 0 Å². The molecule has 1 heterocycles. The van der Waals surface area contributed by atoms with E-state index < -0.39 is 38.3 Å². The van der Waals surface area contributed by atoms with Crippen molar-refractivity contribution < 1.29 is 31.1 Å². The zero-order chi connectivity index (χ0) is 32.4. The van der Waals surface area contributed by atoms with Crippen LogP contribution < -0.4 is 9.92 Å². The standard InChI is InChI=1S/C31H41BrF3NO4SSi2/c1-8-42(9-2,10-3)19-18-24-25-20-36(41(38,39)23-16-14-22(7)15-17-23)21-26(25)27(32)28(40-30(37)31(33,34)35)29(24)43(11-4,12-5)13-6/h14-17H,8-13,20-21H2,1-7H3. The quantitative estimate of drug-likeness (QED) is 0.108. The first-order valence-corrected chi connectivity index (χ1v) is 22.3. The minimum atomic E-state index is -5.20. The zero-order valence-electron chi connectivity index (χ0n) is 26.0. The first-order valence-electron chi connectivity index (χ1n) is 14.9. The van der Waals surface area contributed by atoms with Crippen LogP contribution in [0.25, 0.3) is 0 Å². The van der Waals surface area contributed by atoms with E-state index in [-0.39, 0.29) is 28.2 Å². The normalized spacial score (nSPS) is 14.3. The number of fused-ring (bicyclic) bond motifs is 1. The molecule has 1 aliphatic heterocycles. The Bertz CT molecular complexity index is 1510. The van der Waals surface area contributed by atoms with Gasteiger partial charge in [-0.3, -0.25) is 0 Å². The van der Waals surface area contributed by atoms with Gasteiger partial charge in [0.05, 0.1) is 17.4 Å². The minimum absolute atomic E-state index is 0.0230. The van der Waals surface area contributed by atoms with Gasteiger partial charge in [-0.15, -0.1) is 5.54 Å². The summed E-state index contributed by atoms with van der Waals surface area (Å²) in [5, 5.41) is 0.580. The molecule has 236 valence electrons. The number of alkyl halides is 3. The molecule has 0 aliphatic carbocycles. The van der Waals surface area contributed by atoms with Crippen LogP contribution >= 0.6 is 15.9 Å². The SMILES string of the molecule is CC[Si](C#Cc1c2c(c(Br)c(OC(=O)C(F)(F)F)c1[Si](CC)(CC)CC)CN(S(=O)(=O)c1ccc(C)cc1)C2)(CC)CC. The Morgan fingerprint density at radius 1 is 0.930 bits per heavy atom. The second-order valence-corrected chi connectivity index (χ2v) is 24.1. The molecule has 0 saturated carbocycles. The second-order valence-electron chi connectivity index (χ2n) is 11.3. The van der Waals surface area contributed by atoms with E-state index in [4.69, 9.17) is 4.74 Å². The summed E-state index contributed by atoms with van der Waals surface area (Å²) < 4.78 is 75.2. The third kappa shape index (κ3) is 6.86. The van der Waals surface area contributed by atoms with Crippen molar-refractivity contribution in [2.45, 2.75) is 109 Å². The molecule has 0 unspecified atom stereocenters. The van der Waals surface area contributed by atoms with Crippen LogP contribution in [0, 0.1) is 18.4 Å². The predicted molar refractivity (Wildman–Crippen MR) is 174 cm³/mol. The Morgan fingerprint density at radius 3 is 1.91 bits per heavy atom. The molecule has 3 rings (SSSR count). The van der Waals surface area contributed by atoms with E-state index in [9.17, 15) is 26.4 Å². The lowest BCUT2D eigenvalue weighted by molar-refractivity contribution is -0.189. The number of sulfonamides is 1. The molecular weight excluding hydrogens is 675 g/mol. The van der Waals surface area contributed by atoms with E-state index in [1.807, 2.05) is 27.7 Å². The molecule has 5 nitrogen and oxygen atoms in total. The molecule has 0 fully saturated rings. The van der Waals surface area contributed by atoms with Crippen molar-refractivity contribution in [3.8, 4) is 17.2 Å². The first-order chi connectivity index (χ1) is 20.1. The Hall–Kier alpha value is -1.92. The molecule has 0 atom stereocenters. The predicted octanol–water partition coefficient (Wildman–Crippen LogP) is 8.04. The Balaban J connectivity index is 2.44. The number of hydrogen-bond donors (Lipinski definition) is 0. The van der Waals surface area contributed by atoms with Crippen LogP contribution in [0.1, 0.15) is 63.8 Å². The van der Waals surface area contributed by atoms with Gasteiger partial charge in [0, 0.05) is 18.7 Å². The molecule has 2 aromatic rings. The van der Waals surface area contributed by atoms with Gasteiger partial charge in [0.25, 0.3) is 0 Å². The molecule has 43 heavy (non-hydrogen) atoms. The number of ether oxygens (including phenoxy) is 1. The van der Waals surface area contributed by atoms with E-state index in [0.717, 1.165) is 23.7 Å². The molecule has 0 aromatic heterocycles. The highest BCUT2D eigenvalue weighted by molar-refractivity contribution is 9.10. The number of nitrogens with zero attached hydrogens (tertiary/aromatic N) is 1. The molecule has 1 aliphatic rings. The van der Waals surface area contributed by atoms with Crippen molar-refractivity contribution in [2.24, 2.45) is 0 Å². The third-order valence-corrected chi connectivity index (χ3v) is 22.4. The van der Waals surface area contributed by atoms with E-state index in [1.165, 1.54) is 4.31 Å². The minimum Gasteiger partial charge on any atom is -0.419 e. The number of esters is 1. The average molecular weight is 717 g/mol. The van der Waals surface area contributed by atoms with Crippen LogP contribution in [0.2, 0.25) is 36.3 Å². The van der Waals surface area contributed by atoms with Crippen molar-refractivity contribution in [2.75, 3.05) is 0 Å². The highest BCUT2D eigenvalue weighted by Crippen LogP contribution is 2.43. The molecular formula is C31H41BrF3NO4SSi2. The van der Waals surface area contributed by atoms with Crippen molar-refractivity contribution in [3.63, 3.8) is 0 Å². The third-order valence-electron chi connectivity index (χ3n) is 9.40. The Morgan fingerprint density at radius 2 is 1.44 bits per heavy atom. The van der Waals surface area contributed by atoms with Gasteiger partial charge in [-0.2, -0.15) is 17.5 Å². The zero-order valence-corrected chi connectivity index (χ0v) is 30.4. The molecule has 0 radical (unpaired) electrons. The van der Waals surface area contributed by atoms with E-state index in [1.54, 1.807) is 24.3 Å². The second kappa shape index (κ2) is 13.6. The van der Waals surface area contributed by atoms with Crippen molar-refractivity contribution in [3.05, 3.63) is 51.0 Å². The van der Waals surface area contributed by atoms with Crippen LogP contribution in [-0.4, -0.2) is 41.0 Å². The maximum absolute atomic E-state index is 13.8. The van der Waals surface area contributed by atoms with Crippen molar-refractivity contribution in [1.29, 1.82) is 0 Å². The van der Waals surface area contributed by atoms with Gasteiger partial charge in [0.1, 0.15) is 13.8 Å². The number of hydrogen-bond acceptors (Lipinski definition) is 4. The Labute approximate surface area is 264 Å². The lowest BCUT2D eigenvalue weighted by Gasteiger charge is -2.33. The van der Waals surface area contributed by atoms with Gasteiger partial charge in [0.2, 0.25) is 10.0 Å². The van der Waals surface area contributed by atoms with Gasteiger partial charge >= 0.3 is 12.1 Å². The summed E-state index contributed by atoms with van der Waals surface area (Å²) in [5.41, 5.74) is 6.23. The monoisotopic (exact) mass is 715 g/mol. The molecule has 0 bridgehead atoms. The highest BCUT2D eigenvalue weighted by Gasteiger charge is 2.46. The molecule has 0 spiro atoms. The van der Waals surface area contributed by atoms with Crippen LogP contribution in [0.15, 0.2) is 33.6 Å². The lowest BCUT2D eigenvalue weighted by atomic mass is 10.0. The van der Waals surface area contributed by atoms with Gasteiger partial charge < -0.3 is 4.74 Å². The number of rotatable bonds is 10. The van der Waals surface area contributed by atoms with E-state index in [0.29, 0.717) is 40.0 Å². The largest absolute Gasteiger partial charge is 0.491 e. The number of carbonyl (C=O) groups is 1. The molecule has 0 amide bonds. The maximum Gasteiger partial charge on any atom is 0.491 e. The van der Waals surface area contributed by atoms with Crippen LogP contribution in [0.5, 0.6) is 5.75 Å². The fourth-order valence-corrected chi connectivity index (χ4v) is 14.5. The summed E-state index contributed by atoms with van der Waals surface area (Å²) in [6.07, 6.45) is -5.20. The fourth-order valence-electron chi connectivity index (χ4n) is 5.95. The van der Waals surface area contributed by atoms with Crippen molar-refractivity contribution in [1.82, 2.24) is 4.31 Å². The Kier molecular flexibility index (Phi) is 11.3. The van der Waals surface area contributed by atoms with Crippen molar-refractivity contribution >= 4 is 53.3 Å². The lowest BCUT2D eigenvalue weighted by Crippen LogP contribution is -2.49. The average Bonchev–Trinajstić information content (AvgIpc) is 3.44. The van der Waals surface area contributed by atoms with Gasteiger partial charge in [-0.05, 0) is 69.4 Å². The van der Waals surface area contributed by atoms with Gasteiger partial charge in [-0.1, -0.05) is 83.3 Å².